The van der Waals surface area contributed by atoms with Gasteiger partial charge in [-0.1, -0.05) is 62.4 Å². The van der Waals surface area contributed by atoms with Crippen molar-refractivity contribution in [2.75, 3.05) is 26.1 Å². The van der Waals surface area contributed by atoms with Crippen molar-refractivity contribution in [3.63, 3.8) is 0 Å². The molecule has 0 saturated heterocycles. The summed E-state index contributed by atoms with van der Waals surface area (Å²) in [7, 11) is 3.06. The first-order valence-electron chi connectivity index (χ1n) is 11.0. The molecule has 0 aliphatic heterocycles. The number of benzene rings is 3. The summed E-state index contributed by atoms with van der Waals surface area (Å²) in [6.45, 7) is 4.03. The maximum absolute atomic E-state index is 12.5. The van der Waals surface area contributed by atoms with E-state index in [1.165, 1.54) is 18.7 Å². The number of carbonyl (C=O) groups excluding carboxylic acids is 2. The molecule has 0 bridgehead atoms. The molecular formula is C28H29NO5. The number of anilines is 1. The molecule has 0 aliphatic carbocycles. The Morgan fingerprint density at radius 3 is 2.26 bits per heavy atom. The monoisotopic (exact) mass is 459 g/mol. The minimum atomic E-state index is -0.329. The van der Waals surface area contributed by atoms with Crippen LogP contribution in [0.4, 0.5) is 5.69 Å². The molecule has 34 heavy (non-hydrogen) atoms. The lowest BCUT2D eigenvalue weighted by atomic mass is 10.0. The third-order valence-corrected chi connectivity index (χ3v) is 5.22. The molecule has 0 aromatic heterocycles. The van der Waals surface area contributed by atoms with Gasteiger partial charge in [-0.2, -0.15) is 0 Å². The number of para-hydroxylation sites is 2. The molecule has 0 saturated carbocycles. The average molecular weight is 460 g/mol. The van der Waals surface area contributed by atoms with Gasteiger partial charge in [0, 0.05) is 5.56 Å². The van der Waals surface area contributed by atoms with E-state index in [0.29, 0.717) is 34.4 Å². The van der Waals surface area contributed by atoms with E-state index in [1.807, 2.05) is 30.3 Å². The Balaban J connectivity index is 1.62. The fourth-order valence-corrected chi connectivity index (χ4v) is 3.29. The van der Waals surface area contributed by atoms with Gasteiger partial charge in [0.25, 0.3) is 5.91 Å². The summed E-state index contributed by atoms with van der Waals surface area (Å²) in [4.78, 5) is 24.8. The predicted octanol–water partition coefficient (Wildman–Crippen LogP) is 5.74. The SMILES string of the molecule is COc1ccccc1NC(=O)COc1ccc(/C=C/C(=O)c2ccc(C(C)C)cc2)cc1OC. The summed E-state index contributed by atoms with van der Waals surface area (Å²) in [5, 5.41) is 2.76. The van der Waals surface area contributed by atoms with Crippen molar-refractivity contribution in [2.45, 2.75) is 19.8 Å². The van der Waals surface area contributed by atoms with E-state index in [4.69, 9.17) is 14.2 Å². The second-order valence-electron chi connectivity index (χ2n) is 7.92. The Morgan fingerprint density at radius 1 is 0.882 bits per heavy atom. The molecule has 0 radical (unpaired) electrons. The molecule has 6 heteroatoms. The van der Waals surface area contributed by atoms with Gasteiger partial charge in [-0.25, -0.2) is 0 Å². The number of methoxy groups -OCH3 is 2. The van der Waals surface area contributed by atoms with Crippen molar-refractivity contribution >= 4 is 23.5 Å². The van der Waals surface area contributed by atoms with Gasteiger partial charge >= 0.3 is 0 Å². The normalized spacial score (nSPS) is 10.9. The first-order valence-corrected chi connectivity index (χ1v) is 11.0. The molecule has 0 atom stereocenters. The number of amides is 1. The molecule has 0 unspecified atom stereocenters. The molecule has 1 amide bonds. The smallest absolute Gasteiger partial charge is 0.262 e. The van der Waals surface area contributed by atoms with E-state index in [1.54, 1.807) is 49.6 Å². The zero-order chi connectivity index (χ0) is 24.5. The van der Waals surface area contributed by atoms with Crippen LogP contribution in [0.2, 0.25) is 0 Å². The fraction of sp³-hybridized carbons (Fsp3) is 0.214. The Labute approximate surface area is 200 Å². The average Bonchev–Trinajstić information content (AvgIpc) is 2.86. The number of rotatable bonds is 10. The van der Waals surface area contributed by atoms with Crippen LogP contribution in [0.3, 0.4) is 0 Å². The molecular weight excluding hydrogens is 430 g/mol. The standard InChI is InChI=1S/C28H29NO5/c1-19(2)21-11-13-22(14-12-21)24(30)15-9-20-10-16-26(27(17-20)33-4)34-18-28(31)29-23-7-5-6-8-25(23)32-3/h5-17,19H,18H2,1-4H3,(H,29,31)/b15-9+. The Morgan fingerprint density at radius 2 is 1.59 bits per heavy atom. The summed E-state index contributed by atoms with van der Waals surface area (Å²) >= 11 is 0. The van der Waals surface area contributed by atoms with Crippen LogP contribution in [0.25, 0.3) is 6.08 Å². The molecule has 3 rings (SSSR count). The van der Waals surface area contributed by atoms with Crippen LogP contribution in [0.5, 0.6) is 17.2 Å². The van der Waals surface area contributed by atoms with Gasteiger partial charge in [0.1, 0.15) is 5.75 Å². The lowest BCUT2D eigenvalue weighted by Crippen LogP contribution is -2.20. The van der Waals surface area contributed by atoms with Crippen molar-refractivity contribution in [3.8, 4) is 17.2 Å². The number of ether oxygens (including phenoxy) is 3. The minimum Gasteiger partial charge on any atom is -0.495 e. The highest BCUT2D eigenvalue weighted by Crippen LogP contribution is 2.29. The van der Waals surface area contributed by atoms with E-state index in [0.717, 1.165) is 5.56 Å². The number of hydrogen-bond acceptors (Lipinski definition) is 5. The van der Waals surface area contributed by atoms with Crippen LogP contribution in [0, 0.1) is 0 Å². The second-order valence-corrected chi connectivity index (χ2v) is 7.92. The van der Waals surface area contributed by atoms with E-state index < -0.39 is 0 Å². The Hall–Kier alpha value is -4.06. The highest BCUT2D eigenvalue weighted by atomic mass is 16.5. The van der Waals surface area contributed by atoms with Gasteiger partial charge in [0.2, 0.25) is 0 Å². The summed E-state index contributed by atoms with van der Waals surface area (Å²) in [6.07, 6.45) is 3.25. The zero-order valence-corrected chi connectivity index (χ0v) is 19.8. The maximum Gasteiger partial charge on any atom is 0.262 e. The Kier molecular flexibility index (Phi) is 8.46. The highest BCUT2D eigenvalue weighted by molar-refractivity contribution is 6.06. The van der Waals surface area contributed by atoms with Crippen molar-refractivity contribution in [1.82, 2.24) is 0 Å². The van der Waals surface area contributed by atoms with Gasteiger partial charge in [-0.15, -0.1) is 0 Å². The van der Waals surface area contributed by atoms with Crippen LogP contribution in [-0.2, 0) is 4.79 Å². The van der Waals surface area contributed by atoms with Gasteiger partial charge in [0.05, 0.1) is 19.9 Å². The summed E-state index contributed by atoms with van der Waals surface area (Å²) < 4.78 is 16.3. The van der Waals surface area contributed by atoms with Gasteiger partial charge in [0.15, 0.2) is 23.9 Å². The molecule has 0 heterocycles. The third kappa shape index (κ3) is 6.48. The number of hydrogen-bond donors (Lipinski definition) is 1. The van der Waals surface area contributed by atoms with Crippen molar-refractivity contribution < 1.29 is 23.8 Å². The van der Waals surface area contributed by atoms with Gasteiger partial charge in [-0.3, -0.25) is 9.59 Å². The van der Waals surface area contributed by atoms with Crippen LogP contribution in [0.15, 0.2) is 72.8 Å². The van der Waals surface area contributed by atoms with E-state index in [-0.39, 0.29) is 18.3 Å². The van der Waals surface area contributed by atoms with Gasteiger partial charge in [-0.05, 0) is 47.4 Å². The first kappa shape index (κ1) is 24.6. The number of nitrogens with one attached hydrogen (secondary N) is 1. The number of ketones is 1. The second kappa shape index (κ2) is 11.7. The summed E-state index contributed by atoms with van der Waals surface area (Å²) in [5.74, 6) is 1.45. The topological polar surface area (TPSA) is 73.9 Å². The van der Waals surface area contributed by atoms with E-state index in [9.17, 15) is 9.59 Å². The fourth-order valence-electron chi connectivity index (χ4n) is 3.29. The maximum atomic E-state index is 12.5. The van der Waals surface area contributed by atoms with Gasteiger partial charge < -0.3 is 19.5 Å². The van der Waals surface area contributed by atoms with Crippen LogP contribution in [0.1, 0.15) is 41.3 Å². The van der Waals surface area contributed by atoms with Crippen LogP contribution >= 0.6 is 0 Å². The number of carbonyl (C=O) groups is 2. The predicted molar refractivity (Wildman–Crippen MR) is 134 cm³/mol. The summed E-state index contributed by atoms with van der Waals surface area (Å²) in [5.41, 5.74) is 3.16. The number of allylic oxidation sites excluding steroid dienone is 1. The van der Waals surface area contributed by atoms with E-state index in [2.05, 4.69) is 19.2 Å². The first-order chi connectivity index (χ1) is 16.4. The molecule has 0 aliphatic rings. The van der Waals surface area contributed by atoms with Crippen molar-refractivity contribution in [3.05, 3.63) is 89.5 Å². The quantitative estimate of drug-likeness (QED) is 0.309. The highest BCUT2D eigenvalue weighted by Gasteiger charge is 2.11. The molecule has 6 nitrogen and oxygen atoms in total. The summed E-state index contributed by atoms with van der Waals surface area (Å²) in [6, 6.07) is 20.0. The van der Waals surface area contributed by atoms with Crippen LogP contribution < -0.4 is 19.5 Å². The molecule has 1 N–H and O–H groups in total. The molecule has 3 aromatic carbocycles. The lowest BCUT2D eigenvalue weighted by molar-refractivity contribution is -0.118. The van der Waals surface area contributed by atoms with Crippen molar-refractivity contribution in [1.29, 1.82) is 0 Å². The molecule has 0 fully saturated rings. The van der Waals surface area contributed by atoms with Crippen molar-refractivity contribution in [2.24, 2.45) is 0 Å². The molecule has 3 aromatic rings. The lowest BCUT2D eigenvalue weighted by Gasteiger charge is -2.13. The largest absolute Gasteiger partial charge is 0.495 e. The zero-order valence-electron chi connectivity index (χ0n) is 19.8. The minimum absolute atomic E-state index is 0.0809. The Bertz CT molecular complexity index is 1170. The third-order valence-electron chi connectivity index (χ3n) is 5.22. The molecule has 176 valence electrons. The van der Waals surface area contributed by atoms with Crippen LogP contribution in [-0.4, -0.2) is 32.5 Å². The molecule has 0 spiro atoms. The van der Waals surface area contributed by atoms with E-state index >= 15 is 0 Å².